The number of oxazole rings is 1. The molecule has 8 heteroatoms. The standard InChI is InChI=1S/C18H24N4O2.2ClH/c19-11-15(12-5-6-12)20-17(23)13-7-9-22(10-8-13)18-21-14-3-1-2-4-16(14)24-18;;/h1-4,12-13,15H,5-11,19H2,(H,20,23);2*1H. The number of nitrogens with one attached hydrogen (secondary N) is 1. The van der Waals surface area contributed by atoms with E-state index in [0.29, 0.717) is 18.5 Å². The van der Waals surface area contributed by atoms with Crippen LogP contribution in [0.1, 0.15) is 25.7 Å². The maximum atomic E-state index is 12.5. The van der Waals surface area contributed by atoms with E-state index in [4.69, 9.17) is 10.2 Å². The van der Waals surface area contributed by atoms with Crippen LogP contribution in [0.15, 0.2) is 28.7 Å². The normalized spacial score (nSPS) is 18.7. The molecule has 1 saturated carbocycles. The fraction of sp³-hybridized carbons (Fsp3) is 0.556. The van der Waals surface area contributed by atoms with Crippen molar-refractivity contribution < 1.29 is 9.21 Å². The van der Waals surface area contributed by atoms with Crippen molar-refractivity contribution in [3.8, 4) is 0 Å². The van der Waals surface area contributed by atoms with Gasteiger partial charge in [0.15, 0.2) is 5.58 Å². The van der Waals surface area contributed by atoms with Gasteiger partial charge >= 0.3 is 0 Å². The average molecular weight is 401 g/mol. The number of carbonyl (C=O) groups is 1. The molecule has 1 aliphatic heterocycles. The van der Waals surface area contributed by atoms with Gasteiger partial charge in [-0.25, -0.2) is 0 Å². The second kappa shape index (κ2) is 8.93. The molecule has 1 amide bonds. The number of anilines is 1. The molecule has 26 heavy (non-hydrogen) atoms. The number of rotatable bonds is 5. The first kappa shape index (κ1) is 20.8. The highest BCUT2D eigenvalue weighted by Gasteiger charge is 2.34. The predicted molar refractivity (Wildman–Crippen MR) is 107 cm³/mol. The zero-order valence-corrected chi connectivity index (χ0v) is 16.2. The van der Waals surface area contributed by atoms with E-state index in [2.05, 4.69) is 15.2 Å². The van der Waals surface area contributed by atoms with Gasteiger partial charge in [0.25, 0.3) is 6.01 Å². The number of carbonyl (C=O) groups excluding carboxylic acids is 1. The van der Waals surface area contributed by atoms with Gasteiger partial charge in [-0.15, -0.1) is 24.8 Å². The second-order valence-electron chi connectivity index (χ2n) is 6.91. The number of amides is 1. The number of para-hydroxylation sites is 2. The fourth-order valence-electron chi connectivity index (χ4n) is 3.50. The number of piperidine rings is 1. The number of hydrogen-bond donors (Lipinski definition) is 2. The van der Waals surface area contributed by atoms with Crippen molar-refractivity contribution in [1.82, 2.24) is 10.3 Å². The van der Waals surface area contributed by atoms with Crippen LogP contribution in [0, 0.1) is 11.8 Å². The van der Waals surface area contributed by atoms with Gasteiger partial charge in [0.05, 0.1) is 0 Å². The predicted octanol–water partition coefficient (Wildman–Crippen LogP) is 2.74. The monoisotopic (exact) mass is 400 g/mol. The van der Waals surface area contributed by atoms with Crippen molar-refractivity contribution in [2.75, 3.05) is 24.5 Å². The van der Waals surface area contributed by atoms with Gasteiger partial charge in [0.2, 0.25) is 5.91 Å². The molecule has 1 aliphatic carbocycles. The minimum Gasteiger partial charge on any atom is -0.423 e. The van der Waals surface area contributed by atoms with Gasteiger partial charge in [0, 0.05) is 31.6 Å². The first-order chi connectivity index (χ1) is 11.7. The molecule has 2 aliphatic rings. The van der Waals surface area contributed by atoms with Crippen LogP contribution < -0.4 is 16.0 Å². The Bertz CT molecular complexity index is 694. The number of hydrogen-bond acceptors (Lipinski definition) is 5. The number of benzene rings is 1. The summed E-state index contributed by atoms with van der Waals surface area (Å²) in [6, 6.07) is 8.60. The molecule has 1 saturated heterocycles. The van der Waals surface area contributed by atoms with E-state index in [0.717, 1.165) is 37.0 Å². The van der Waals surface area contributed by atoms with Crippen LogP contribution in [0.3, 0.4) is 0 Å². The summed E-state index contributed by atoms with van der Waals surface area (Å²) in [6.45, 7) is 2.13. The van der Waals surface area contributed by atoms with Gasteiger partial charge < -0.3 is 20.4 Å². The summed E-state index contributed by atoms with van der Waals surface area (Å²) in [4.78, 5) is 19.1. The molecule has 144 valence electrons. The van der Waals surface area contributed by atoms with Gasteiger partial charge in [-0.3, -0.25) is 4.79 Å². The Kier molecular flexibility index (Phi) is 7.15. The number of nitrogens with zero attached hydrogens (tertiary/aromatic N) is 2. The molecule has 6 nitrogen and oxygen atoms in total. The Morgan fingerprint density at radius 3 is 2.54 bits per heavy atom. The summed E-state index contributed by atoms with van der Waals surface area (Å²) < 4.78 is 5.82. The quantitative estimate of drug-likeness (QED) is 0.805. The van der Waals surface area contributed by atoms with Gasteiger partial charge in [-0.2, -0.15) is 4.98 Å². The van der Waals surface area contributed by atoms with Gasteiger partial charge in [-0.1, -0.05) is 12.1 Å². The first-order valence-electron chi connectivity index (χ1n) is 8.85. The second-order valence-corrected chi connectivity index (χ2v) is 6.91. The van der Waals surface area contributed by atoms with E-state index in [-0.39, 0.29) is 42.7 Å². The molecule has 3 N–H and O–H groups in total. The lowest BCUT2D eigenvalue weighted by atomic mass is 9.95. The number of halogens is 2. The lowest BCUT2D eigenvalue weighted by molar-refractivity contribution is -0.126. The highest BCUT2D eigenvalue weighted by Crippen LogP contribution is 2.33. The van der Waals surface area contributed by atoms with Crippen LogP contribution >= 0.6 is 24.8 Å². The van der Waals surface area contributed by atoms with E-state index >= 15 is 0 Å². The molecule has 1 unspecified atom stereocenters. The molecule has 2 aromatic rings. The largest absolute Gasteiger partial charge is 0.423 e. The Morgan fingerprint density at radius 1 is 1.23 bits per heavy atom. The summed E-state index contributed by atoms with van der Waals surface area (Å²) in [6.07, 6.45) is 4.04. The molecule has 2 heterocycles. The molecule has 1 aromatic heterocycles. The third-order valence-corrected chi connectivity index (χ3v) is 5.19. The summed E-state index contributed by atoms with van der Waals surface area (Å²) in [5.41, 5.74) is 7.47. The van der Waals surface area contributed by atoms with Crippen LogP contribution in [0.25, 0.3) is 11.1 Å². The molecule has 4 rings (SSSR count). The minimum absolute atomic E-state index is 0. The van der Waals surface area contributed by atoms with E-state index in [1.54, 1.807) is 0 Å². The smallest absolute Gasteiger partial charge is 0.298 e. The maximum absolute atomic E-state index is 12.5. The number of nitrogens with two attached hydrogens (primary N) is 1. The van der Waals surface area contributed by atoms with E-state index in [1.165, 1.54) is 12.8 Å². The Labute approximate surface area is 165 Å². The topological polar surface area (TPSA) is 84.4 Å². The third-order valence-electron chi connectivity index (χ3n) is 5.19. The van der Waals surface area contributed by atoms with Crippen LogP contribution in [0.5, 0.6) is 0 Å². The van der Waals surface area contributed by atoms with Crippen molar-refractivity contribution in [3.63, 3.8) is 0 Å². The lowest BCUT2D eigenvalue weighted by Crippen LogP contribution is -2.47. The lowest BCUT2D eigenvalue weighted by Gasteiger charge is -2.31. The van der Waals surface area contributed by atoms with E-state index in [9.17, 15) is 4.79 Å². The van der Waals surface area contributed by atoms with Crippen molar-refractivity contribution in [3.05, 3.63) is 24.3 Å². The summed E-state index contributed by atoms with van der Waals surface area (Å²) >= 11 is 0. The van der Waals surface area contributed by atoms with Crippen LogP contribution in [-0.4, -0.2) is 36.6 Å². The highest BCUT2D eigenvalue weighted by molar-refractivity contribution is 5.85. The van der Waals surface area contributed by atoms with Crippen molar-refractivity contribution in [1.29, 1.82) is 0 Å². The summed E-state index contributed by atoms with van der Waals surface area (Å²) in [5.74, 6) is 0.826. The molecule has 0 spiro atoms. The first-order valence-corrected chi connectivity index (χ1v) is 8.85. The number of fused-ring (bicyclic) bond motifs is 1. The van der Waals surface area contributed by atoms with Gasteiger partial charge in [0.1, 0.15) is 5.52 Å². The zero-order valence-electron chi connectivity index (χ0n) is 14.6. The maximum Gasteiger partial charge on any atom is 0.298 e. The third kappa shape index (κ3) is 4.42. The molecule has 2 fully saturated rings. The van der Waals surface area contributed by atoms with Crippen molar-refractivity contribution in [2.45, 2.75) is 31.7 Å². The van der Waals surface area contributed by atoms with Crippen LogP contribution in [-0.2, 0) is 4.79 Å². The van der Waals surface area contributed by atoms with E-state index < -0.39 is 0 Å². The average Bonchev–Trinajstić information content (AvgIpc) is 3.37. The van der Waals surface area contributed by atoms with Crippen LogP contribution in [0.2, 0.25) is 0 Å². The van der Waals surface area contributed by atoms with Crippen molar-refractivity contribution in [2.24, 2.45) is 17.6 Å². The Morgan fingerprint density at radius 2 is 1.92 bits per heavy atom. The SMILES string of the molecule is Cl.Cl.NCC(NC(=O)C1CCN(c2nc3ccccc3o2)CC1)C1CC1. The fourth-order valence-corrected chi connectivity index (χ4v) is 3.50. The number of aromatic nitrogens is 1. The highest BCUT2D eigenvalue weighted by atomic mass is 35.5. The molecular weight excluding hydrogens is 375 g/mol. The van der Waals surface area contributed by atoms with Crippen LogP contribution in [0.4, 0.5) is 6.01 Å². The molecular formula is C18H26Cl2N4O2. The molecule has 1 aromatic carbocycles. The Hall–Kier alpha value is -1.50. The van der Waals surface area contributed by atoms with Gasteiger partial charge in [-0.05, 0) is 43.7 Å². The molecule has 0 radical (unpaired) electrons. The van der Waals surface area contributed by atoms with E-state index in [1.807, 2.05) is 24.3 Å². The zero-order chi connectivity index (χ0) is 16.5. The molecule has 0 bridgehead atoms. The summed E-state index contributed by atoms with van der Waals surface area (Å²) in [5, 5.41) is 3.15. The molecule has 1 atom stereocenters. The minimum atomic E-state index is 0. The summed E-state index contributed by atoms with van der Waals surface area (Å²) in [7, 11) is 0. The Balaban J connectivity index is 0.00000121. The van der Waals surface area contributed by atoms with Crippen molar-refractivity contribution >= 4 is 47.8 Å².